The average molecular weight is 345 g/mol. The van der Waals surface area contributed by atoms with Gasteiger partial charge in [0.15, 0.2) is 0 Å². The molecule has 4 aliphatic rings. The monoisotopic (exact) mass is 345 g/mol. The third kappa shape index (κ3) is 4.08. The SMILES string of the molecule is O=C(NC1CC=CC1)[C@H]1CCCN(C2CCN(C(=O)C3CC3)CC2)C1. The Morgan fingerprint density at radius 3 is 2.28 bits per heavy atom. The average Bonchev–Trinajstić information content (AvgIpc) is 3.39. The highest BCUT2D eigenvalue weighted by Crippen LogP contribution is 2.32. The number of hydrogen-bond acceptors (Lipinski definition) is 3. The van der Waals surface area contributed by atoms with Crippen molar-refractivity contribution in [3.63, 3.8) is 0 Å². The van der Waals surface area contributed by atoms with Crippen LogP contribution in [0.15, 0.2) is 12.2 Å². The van der Waals surface area contributed by atoms with E-state index in [1.54, 1.807) is 0 Å². The maximum Gasteiger partial charge on any atom is 0.225 e. The van der Waals surface area contributed by atoms with Gasteiger partial charge in [-0.05, 0) is 57.9 Å². The van der Waals surface area contributed by atoms with Crippen LogP contribution in [0.5, 0.6) is 0 Å². The normalized spacial score (nSPS) is 29.1. The van der Waals surface area contributed by atoms with Gasteiger partial charge < -0.3 is 10.2 Å². The van der Waals surface area contributed by atoms with E-state index in [0.29, 0.717) is 23.9 Å². The fourth-order valence-electron chi connectivity index (χ4n) is 4.65. The van der Waals surface area contributed by atoms with E-state index >= 15 is 0 Å². The third-order valence-electron chi connectivity index (χ3n) is 6.40. The Labute approximate surface area is 150 Å². The molecule has 0 spiro atoms. The zero-order valence-corrected chi connectivity index (χ0v) is 15.2. The molecule has 2 heterocycles. The summed E-state index contributed by atoms with van der Waals surface area (Å²) in [5.74, 6) is 1.12. The summed E-state index contributed by atoms with van der Waals surface area (Å²) in [6.07, 6.45) is 12.7. The van der Waals surface area contributed by atoms with Crippen LogP contribution in [0, 0.1) is 11.8 Å². The van der Waals surface area contributed by atoms with E-state index < -0.39 is 0 Å². The van der Waals surface area contributed by atoms with Crippen molar-refractivity contribution in [1.82, 2.24) is 15.1 Å². The van der Waals surface area contributed by atoms with Gasteiger partial charge in [-0.2, -0.15) is 0 Å². The first-order valence-corrected chi connectivity index (χ1v) is 10.2. The minimum Gasteiger partial charge on any atom is -0.352 e. The Morgan fingerprint density at radius 2 is 1.60 bits per heavy atom. The number of amides is 2. The number of carbonyl (C=O) groups excluding carboxylic acids is 2. The number of nitrogens with one attached hydrogen (secondary N) is 1. The van der Waals surface area contributed by atoms with Crippen LogP contribution in [-0.2, 0) is 9.59 Å². The van der Waals surface area contributed by atoms with Crippen LogP contribution in [0.3, 0.4) is 0 Å². The molecule has 0 bridgehead atoms. The van der Waals surface area contributed by atoms with E-state index in [2.05, 4.69) is 27.3 Å². The predicted molar refractivity (Wildman–Crippen MR) is 96.9 cm³/mol. The number of piperidine rings is 2. The Morgan fingerprint density at radius 1 is 0.880 bits per heavy atom. The van der Waals surface area contributed by atoms with Gasteiger partial charge in [0.1, 0.15) is 0 Å². The Kier molecular flexibility index (Phi) is 5.11. The van der Waals surface area contributed by atoms with Crippen LogP contribution in [0.1, 0.15) is 51.4 Å². The molecule has 2 aliphatic heterocycles. The molecule has 2 aliphatic carbocycles. The third-order valence-corrected chi connectivity index (χ3v) is 6.40. The molecule has 4 rings (SSSR count). The second kappa shape index (κ2) is 7.48. The standard InChI is InChI=1S/C20H31N3O2/c24-19(21-17-5-1-2-6-17)16-4-3-11-23(14-16)18-9-12-22(13-10-18)20(25)15-7-8-15/h1-2,15-18H,3-14H2,(H,21,24)/t16-/m0/s1. The van der Waals surface area contributed by atoms with Gasteiger partial charge >= 0.3 is 0 Å². The summed E-state index contributed by atoms with van der Waals surface area (Å²) in [4.78, 5) is 29.4. The first-order valence-electron chi connectivity index (χ1n) is 10.2. The van der Waals surface area contributed by atoms with Crippen molar-refractivity contribution in [2.24, 2.45) is 11.8 Å². The van der Waals surface area contributed by atoms with Crippen molar-refractivity contribution in [1.29, 1.82) is 0 Å². The van der Waals surface area contributed by atoms with E-state index in [1.165, 1.54) is 0 Å². The highest BCUT2D eigenvalue weighted by Gasteiger charge is 2.37. The van der Waals surface area contributed by atoms with Gasteiger partial charge in [0.05, 0.1) is 5.92 Å². The molecule has 2 amide bonds. The lowest BCUT2D eigenvalue weighted by Gasteiger charge is -2.42. The quantitative estimate of drug-likeness (QED) is 0.792. The molecule has 0 unspecified atom stereocenters. The molecule has 2 saturated heterocycles. The summed E-state index contributed by atoms with van der Waals surface area (Å²) in [6.45, 7) is 3.81. The van der Waals surface area contributed by atoms with Crippen molar-refractivity contribution < 1.29 is 9.59 Å². The highest BCUT2D eigenvalue weighted by molar-refractivity contribution is 5.81. The molecule has 0 aromatic heterocycles. The number of hydrogen-bond donors (Lipinski definition) is 1. The van der Waals surface area contributed by atoms with Crippen LogP contribution in [-0.4, -0.2) is 59.9 Å². The van der Waals surface area contributed by atoms with E-state index in [4.69, 9.17) is 0 Å². The molecule has 1 saturated carbocycles. The molecular weight excluding hydrogens is 314 g/mol. The molecular formula is C20H31N3O2. The zero-order valence-electron chi connectivity index (χ0n) is 15.2. The van der Waals surface area contributed by atoms with Crippen molar-refractivity contribution in [2.75, 3.05) is 26.2 Å². The van der Waals surface area contributed by atoms with Crippen LogP contribution < -0.4 is 5.32 Å². The van der Waals surface area contributed by atoms with Gasteiger partial charge in [0.25, 0.3) is 0 Å². The van der Waals surface area contributed by atoms with Gasteiger partial charge in [-0.25, -0.2) is 0 Å². The largest absolute Gasteiger partial charge is 0.352 e. The first-order chi connectivity index (χ1) is 12.2. The second-order valence-corrected chi connectivity index (χ2v) is 8.31. The molecule has 1 atom stereocenters. The van der Waals surface area contributed by atoms with Crippen molar-refractivity contribution in [3.05, 3.63) is 12.2 Å². The smallest absolute Gasteiger partial charge is 0.225 e. The number of likely N-dealkylation sites (tertiary alicyclic amines) is 2. The molecule has 1 N–H and O–H groups in total. The van der Waals surface area contributed by atoms with Crippen LogP contribution in [0.4, 0.5) is 0 Å². The van der Waals surface area contributed by atoms with E-state index in [9.17, 15) is 9.59 Å². The molecule has 25 heavy (non-hydrogen) atoms. The Hall–Kier alpha value is -1.36. The molecule has 0 aromatic rings. The minimum absolute atomic E-state index is 0.139. The summed E-state index contributed by atoms with van der Waals surface area (Å²) in [7, 11) is 0. The van der Waals surface area contributed by atoms with Crippen LogP contribution >= 0.6 is 0 Å². The lowest BCUT2D eigenvalue weighted by Crippen LogP contribution is -2.52. The summed E-state index contributed by atoms with van der Waals surface area (Å²) >= 11 is 0. The lowest BCUT2D eigenvalue weighted by atomic mass is 9.93. The van der Waals surface area contributed by atoms with E-state index in [1.807, 2.05) is 0 Å². The highest BCUT2D eigenvalue weighted by atomic mass is 16.2. The van der Waals surface area contributed by atoms with Gasteiger partial charge in [-0.1, -0.05) is 12.2 Å². The predicted octanol–water partition coefficient (Wildman–Crippen LogP) is 1.93. The summed E-state index contributed by atoms with van der Waals surface area (Å²) in [5.41, 5.74) is 0. The van der Waals surface area contributed by atoms with Crippen molar-refractivity contribution >= 4 is 11.8 Å². The molecule has 3 fully saturated rings. The molecule has 5 heteroatoms. The maximum atomic E-state index is 12.6. The minimum atomic E-state index is 0.139. The fraction of sp³-hybridized carbons (Fsp3) is 0.800. The first kappa shape index (κ1) is 17.1. The molecule has 138 valence electrons. The van der Waals surface area contributed by atoms with Crippen LogP contribution in [0.25, 0.3) is 0 Å². The van der Waals surface area contributed by atoms with Gasteiger partial charge in [-0.15, -0.1) is 0 Å². The summed E-state index contributed by atoms with van der Waals surface area (Å²) in [6, 6.07) is 0.867. The molecule has 0 aromatic carbocycles. The summed E-state index contributed by atoms with van der Waals surface area (Å²) < 4.78 is 0. The number of carbonyl (C=O) groups is 2. The van der Waals surface area contributed by atoms with Crippen LogP contribution in [0.2, 0.25) is 0 Å². The zero-order chi connectivity index (χ0) is 17.2. The van der Waals surface area contributed by atoms with Gasteiger partial charge in [-0.3, -0.25) is 14.5 Å². The van der Waals surface area contributed by atoms with Gasteiger partial charge in [0, 0.05) is 37.6 Å². The Bertz CT molecular complexity index is 527. The number of rotatable bonds is 4. The van der Waals surface area contributed by atoms with Crippen molar-refractivity contribution in [3.8, 4) is 0 Å². The van der Waals surface area contributed by atoms with E-state index in [0.717, 1.165) is 77.5 Å². The van der Waals surface area contributed by atoms with E-state index in [-0.39, 0.29) is 11.8 Å². The van der Waals surface area contributed by atoms with Crippen molar-refractivity contribution in [2.45, 2.75) is 63.5 Å². The molecule has 5 nitrogen and oxygen atoms in total. The number of nitrogens with zero attached hydrogens (tertiary/aromatic N) is 2. The topological polar surface area (TPSA) is 52.7 Å². The van der Waals surface area contributed by atoms with Gasteiger partial charge in [0.2, 0.25) is 11.8 Å². The fourth-order valence-corrected chi connectivity index (χ4v) is 4.65. The Balaban J connectivity index is 1.25. The lowest BCUT2D eigenvalue weighted by molar-refractivity contribution is -0.134. The second-order valence-electron chi connectivity index (χ2n) is 8.31. The maximum absolute atomic E-state index is 12.6. The summed E-state index contributed by atoms with van der Waals surface area (Å²) in [5, 5.41) is 3.23. The molecule has 0 radical (unpaired) electrons.